The Bertz CT molecular complexity index is 14.0. The molecule has 0 amide bonds. The monoisotopic (exact) mass is 55.1 g/mol. The molecule has 0 atom stereocenters. The summed E-state index contributed by atoms with van der Waals surface area (Å²) in [5.74, 6) is 0. The molecule has 1 radical (unpaired) electrons. The second-order valence-electron chi connectivity index (χ2n) is 0.577. The van der Waals surface area contributed by atoms with Crippen molar-refractivity contribution in [2.45, 2.75) is 6.42 Å². The van der Waals surface area contributed by atoms with Crippen LogP contribution in [0, 0.1) is 6.92 Å². The quantitative estimate of drug-likeness (QED) is 0.397. The van der Waals surface area contributed by atoms with Crippen molar-refractivity contribution in [3.05, 3.63) is 19.6 Å². The molecule has 0 unspecified atom stereocenters. The van der Waals surface area contributed by atoms with Crippen LogP contribution in [0.4, 0.5) is 0 Å². The van der Waals surface area contributed by atoms with Crippen molar-refractivity contribution >= 4 is 0 Å². The minimum absolute atomic E-state index is 0.833. The van der Waals surface area contributed by atoms with Crippen LogP contribution in [0.25, 0.3) is 0 Å². The van der Waals surface area contributed by atoms with Gasteiger partial charge in [-0.3, -0.25) is 0 Å². The smallest absolute Gasteiger partial charge is 0.0353 e. The van der Waals surface area contributed by atoms with Gasteiger partial charge in [-0.2, -0.15) is 0 Å². The summed E-state index contributed by atoms with van der Waals surface area (Å²) in [4.78, 5) is 0. The van der Waals surface area contributed by atoms with Crippen molar-refractivity contribution in [3.63, 3.8) is 0 Å². The molecule has 0 fully saturated rings. The highest BCUT2D eigenvalue weighted by Crippen LogP contribution is 1.65. The molecule has 0 aromatic heterocycles. The maximum Gasteiger partial charge on any atom is -0.0353 e. The maximum atomic E-state index is 3.49. The molecule has 0 aromatic rings. The third kappa shape index (κ3) is 1.74. The van der Waals surface area contributed by atoms with Gasteiger partial charge < -0.3 is 0 Å². The summed E-state index contributed by atoms with van der Waals surface area (Å²) in [5.41, 5.74) is 0. The van der Waals surface area contributed by atoms with Gasteiger partial charge in [0, 0.05) is 0 Å². The zero-order chi connectivity index (χ0) is 3.41. The van der Waals surface area contributed by atoms with Gasteiger partial charge in [-0.1, -0.05) is 6.08 Å². The third-order valence-corrected chi connectivity index (χ3v) is 0.204. The van der Waals surface area contributed by atoms with E-state index in [1.54, 1.807) is 6.08 Å². The normalized spacial score (nSPS) is 6.25. The van der Waals surface area contributed by atoms with Crippen molar-refractivity contribution in [3.8, 4) is 0 Å². The molecule has 0 aliphatic carbocycles. The minimum atomic E-state index is 0.833. The van der Waals surface area contributed by atoms with Crippen molar-refractivity contribution < 1.29 is 0 Å². The SMILES string of the molecule is [CH2]CC=C. The lowest BCUT2D eigenvalue weighted by atomic mass is 10.5. The van der Waals surface area contributed by atoms with Crippen LogP contribution in [-0.4, -0.2) is 0 Å². The summed E-state index contributed by atoms with van der Waals surface area (Å²) in [7, 11) is 0. The fourth-order valence-electron chi connectivity index (χ4n) is 0. The summed E-state index contributed by atoms with van der Waals surface area (Å²) in [6.45, 7) is 6.90. The lowest BCUT2D eigenvalue weighted by molar-refractivity contribution is 1.42. The minimum Gasteiger partial charge on any atom is -0.103 e. The van der Waals surface area contributed by atoms with Gasteiger partial charge in [0.15, 0.2) is 0 Å². The zero-order valence-corrected chi connectivity index (χ0v) is 2.70. The highest BCUT2D eigenvalue weighted by molar-refractivity contribution is 4.65. The van der Waals surface area contributed by atoms with Crippen molar-refractivity contribution in [1.29, 1.82) is 0 Å². The van der Waals surface area contributed by atoms with Gasteiger partial charge in [-0.15, -0.1) is 6.58 Å². The van der Waals surface area contributed by atoms with E-state index in [2.05, 4.69) is 13.5 Å². The first kappa shape index (κ1) is 3.74. The van der Waals surface area contributed by atoms with E-state index in [-0.39, 0.29) is 0 Å². The van der Waals surface area contributed by atoms with Crippen molar-refractivity contribution in [2.75, 3.05) is 0 Å². The summed E-state index contributed by atoms with van der Waals surface area (Å²) < 4.78 is 0. The summed E-state index contributed by atoms with van der Waals surface area (Å²) in [6.07, 6.45) is 2.60. The molecular weight excluding hydrogens is 48.0 g/mol. The number of allylic oxidation sites excluding steroid dienone is 1. The molecular formula is C4H7. The van der Waals surface area contributed by atoms with Crippen LogP contribution in [0.2, 0.25) is 0 Å². The summed E-state index contributed by atoms with van der Waals surface area (Å²) >= 11 is 0. The molecule has 0 aromatic carbocycles. The predicted molar refractivity (Wildman–Crippen MR) is 20.2 cm³/mol. The first-order valence-electron chi connectivity index (χ1n) is 1.32. The second kappa shape index (κ2) is 2.74. The van der Waals surface area contributed by atoms with E-state index in [0.29, 0.717) is 0 Å². The lowest BCUT2D eigenvalue weighted by Gasteiger charge is -1.57. The van der Waals surface area contributed by atoms with Crippen LogP contribution in [-0.2, 0) is 0 Å². The summed E-state index contributed by atoms with van der Waals surface area (Å²) in [6, 6.07) is 0. The molecule has 0 spiro atoms. The molecule has 0 aliphatic rings. The Morgan fingerprint density at radius 2 is 2.00 bits per heavy atom. The van der Waals surface area contributed by atoms with E-state index in [9.17, 15) is 0 Å². The van der Waals surface area contributed by atoms with Crippen LogP contribution in [0.15, 0.2) is 12.7 Å². The predicted octanol–water partition coefficient (Wildman–Crippen LogP) is 1.40. The number of hydrogen-bond donors (Lipinski definition) is 0. The van der Waals surface area contributed by atoms with E-state index < -0.39 is 0 Å². The Morgan fingerprint density at radius 3 is 2.00 bits per heavy atom. The fraction of sp³-hybridized carbons (Fsp3) is 0.250. The highest BCUT2D eigenvalue weighted by atomic mass is 13.5. The van der Waals surface area contributed by atoms with Gasteiger partial charge in [0.05, 0.1) is 0 Å². The first-order valence-corrected chi connectivity index (χ1v) is 1.32. The Labute approximate surface area is 27.1 Å². The van der Waals surface area contributed by atoms with E-state index in [1.807, 2.05) is 0 Å². The standard InChI is InChI=1S/C4H7/c1-3-4-2/h3H,1-2,4H2. The third-order valence-electron chi connectivity index (χ3n) is 0.204. The molecule has 0 heteroatoms. The van der Waals surface area contributed by atoms with Crippen LogP contribution in [0.1, 0.15) is 6.42 Å². The molecule has 0 saturated carbocycles. The van der Waals surface area contributed by atoms with Gasteiger partial charge in [0.25, 0.3) is 0 Å². The molecule has 0 N–H and O–H groups in total. The van der Waals surface area contributed by atoms with E-state index >= 15 is 0 Å². The van der Waals surface area contributed by atoms with Gasteiger partial charge >= 0.3 is 0 Å². The van der Waals surface area contributed by atoms with E-state index in [4.69, 9.17) is 0 Å². The molecule has 23 valence electrons. The molecule has 0 aliphatic heterocycles. The maximum absolute atomic E-state index is 3.49. The molecule has 0 nitrogen and oxygen atoms in total. The van der Waals surface area contributed by atoms with Gasteiger partial charge in [0.1, 0.15) is 0 Å². The van der Waals surface area contributed by atoms with Gasteiger partial charge in [-0.05, 0) is 13.3 Å². The topological polar surface area (TPSA) is 0 Å². The van der Waals surface area contributed by atoms with Crippen LogP contribution in [0.3, 0.4) is 0 Å². The van der Waals surface area contributed by atoms with E-state index in [0.717, 1.165) is 6.42 Å². The van der Waals surface area contributed by atoms with Crippen LogP contribution < -0.4 is 0 Å². The van der Waals surface area contributed by atoms with Crippen LogP contribution >= 0.6 is 0 Å². The molecule has 0 rings (SSSR count). The van der Waals surface area contributed by atoms with Crippen molar-refractivity contribution in [2.24, 2.45) is 0 Å². The molecule has 4 heavy (non-hydrogen) atoms. The van der Waals surface area contributed by atoms with Crippen LogP contribution in [0.5, 0.6) is 0 Å². The molecule has 0 heterocycles. The molecule has 0 saturated heterocycles. The Morgan fingerprint density at radius 1 is 1.75 bits per heavy atom. The van der Waals surface area contributed by atoms with Gasteiger partial charge in [-0.25, -0.2) is 0 Å². The zero-order valence-electron chi connectivity index (χ0n) is 2.70. The van der Waals surface area contributed by atoms with Crippen molar-refractivity contribution in [1.82, 2.24) is 0 Å². The largest absolute Gasteiger partial charge is 0.103 e. The average Bonchev–Trinajstić information content (AvgIpc) is 1.37. The first-order chi connectivity index (χ1) is 1.91. The lowest BCUT2D eigenvalue weighted by Crippen LogP contribution is -1.37. The highest BCUT2D eigenvalue weighted by Gasteiger charge is 1.45. The van der Waals surface area contributed by atoms with E-state index in [1.165, 1.54) is 0 Å². The van der Waals surface area contributed by atoms with Gasteiger partial charge in [0.2, 0.25) is 0 Å². The Kier molecular flexibility index (Phi) is 2.56. The Hall–Kier alpha value is -0.260. The number of rotatable bonds is 1. The Balaban J connectivity index is 2.30. The average molecular weight is 55.1 g/mol. The number of hydrogen-bond acceptors (Lipinski definition) is 0. The fourth-order valence-corrected chi connectivity index (χ4v) is 0. The molecule has 0 bridgehead atoms. The second-order valence-corrected chi connectivity index (χ2v) is 0.577. The summed E-state index contributed by atoms with van der Waals surface area (Å²) in [5, 5.41) is 0.